The summed E-state index contributed by atoms with van der Waals surface area (Å²) in [5, 5.41) is 12.1. The first-order valence-corrected chi connectivity index (χ1v) is 4.76. The Labute approximate surface area is 83.3 Å². The lowest BCUT2D eigenvalue weighted by Gasteiger charge is -2.12. The van der Waals surface area contributed by atoms with Crippen LogP contribution >= 0.6 is 0 Å². The minimum Gasteiger partial charge on any atom is -0.488 e. The van der Waals surface area contributed by atoms with Crippen molar-refractivity contribution in [2.24, 2.45) is 0 Å². The van der Waals surface area contributed by atoms with Crippen LogP contribution in [-0.2, 0) is 0 Å². The molecule has 3 nitrogen and oxygen atoms in total. The molecule has 1 aromatic carbocycles. The summed E-state index contributed by atoms with van der Waals surface area (Å²) in [6.45, 7) is 1.87. The molecule has 14 heavy (non-hydrogen) atoms. The van der Waals surface area contributed by atoms with Gasteiger partial charge in [-0.2, -0.15) is 5.26 Å². The van der Waals surface area contributed by atoms with Crippen LogP contribution in [0.2, 0.25) is 0 Å². The third-order valence-corrected chi connectivity index (χ3v) is 2.32. The molecule has 1 unspecified atom stereocenters. The van der Waals surface area contributed by atoms with Gasteiger partial charge in [0.1, 0.15) is 17.9 Å². The molecule has 0 aliphatic carbocycles. The Morgan fingerprint density at radius 3 is 3.00 bits per heavy atom. The van der Waals surface area contributed by atoms with Crippen LogP contribution in [-0.4, -0.2) is 19.2 Å². The molecule has 0 spiro atoms. The van der Waals surface area contributed by atoms with Crippen molar-refractivity contribution in [2.45, 2.75) is 12.5 Å². The third kappa shape index (κ3) is 1.86. The summed E-state index contributed by atoms with van der Waals surface area (Å²) in [4.78, 5) is 0. The van der Waals surface area contributed by atoms with Gasteiger partial charge >= 0.3 is 0 Å². The van der Waals surface area contributed by atoms with E-state index in [1.54, 1.807) is 6.07 Å². The lowest BCUT2D eigenvalue weighted by molar-refractivity contribution is 0.222. The van der Waals surface area contributed by atoms with E-state index in [-0.39, 0.29) is 6.10 Å². The van der Waals surface area contributed by atoms with Gasteiger partial charge in [-0.3, -0.25) is 0 Å². The smallest absolute Gasteiger partial charge is 0.137 e. The molecule has 2 rings (SSSR count). The number of nitrogens with one attached hydrogen (secondary N) is 1. The second-order valence-electron chi connectivity index (χ2n) is 3.34. The van der Waals surface area contributed by atoms with Crippen molar-refractivity contribution in [3.05, 3.63) is 29.8 Å². The molecule has 0 aromatic heterocycles. The van der Waals surface area contributed by atoms with Crippen LogP contribution < -0.4 is 10.1 Å². The standard InChI is InChI=1S/C11H12N2O/c12-7-9-3-1-2-4-11(9)14-10-5-6-13-8-10/h1-4,10,13H,5-6,8H2. The lowest BCUT2D eigenvalue weighted by Crippen LogP contribution is -2.19. The molecule has 0 bridgehead atoms. The maximum absolute atomic E-state index is 8.85. The largest absolute Gasteiger partial charge is 0.488 e. The first-order valence-electron chi connectivity index (χ1n) is 4.76. The number of para-hydroxylation sites is 1. The number of nitrogens with zero attached hydrogens (tertiary/aromatic N) is 1. The van der Waals surface area contributed by atoms with Crippen molar-refractivity contribution in [3.8, 4) is 11.8 Å². The molecule has 1 aliphatic heterocycles. The van der Waals surface area contributed by atoms with Gasteiger partial charge in [-0.25, -0.2) is 0 Å². The zero-order valence-electron chi connectivity index (χ0n) is 7.86. The van der Waals surface area contributed by atoms with Gasteiger partial charge < -0.3 is 10.1 Å². The molecule has 0 saturated carbocycles. The Bertz CT molecular complexity index is 351. The molecule has 1 aliphatic rings. The molecule has 1 saturated heterocycles. The average molecular weight is 188 g/mol. The van der Waals surface area contributed by atoms with Gasteiger partial charge in [0, 0.05) is 6.54 Å². The highest BCUT2D eigenvalue weighted by atomic mass is 16.5. The van der Waals surface area contributed by atoms with E-state index < -0.39 is 0 Å². The van der Waals surface area contributed by atoms with E-state index in [0.29, 0.717) is 11.3 Å². The van der Waals surface area contributed by atoms with Crippen LogP contribution in [0.5, 0.6) is 5.75 Å². The Morgan fingerprint density at radius 2 is 2.29 bits per heavy atom. The first-order chi connectivity index (χ1) is 6.90. The van der Waals surface area contributed by atoms with Crippen LogP contribution in [0.15, 0.2) is 24.3 Å². The van der Waals surface area contributed by atoms with Gasteiger partial charge in [0.15, 0.2) is 0 Å². The Hall–Kier alpha value is -1.53. The molecule has 3 heteroatoms. The fraction of sp³-hybridized carbons (Fsp3) is 0.364. The zero-order chi connectivity index (χ0) is 9.80. The van der Waals surface area contributed by atoms with Crippen molar-refractivity contribution < 1.29 is 4.74 Å². The topological polar surface area (TPSA) is 45.0 Å². The van der Waals surface area contributed by atoms with Crippen LogP contribution in [0.3, 0.4) is 0 Å². The average Bonchev–Trinajstić information content (AvgIpc) is 2.71. The molecular formula is C11H12N2O. The van der Waals surface area contributed by atoms with E-state index in [9.17, 15) is 0 Å². The molecule has 1 atom stereocenters. The van der Waals surface area contributed by atoms with E-state index in [1.807, 2.05) is 18.2 Å². The minimum absolute atomic E-state index is 0.212. The molecule has 1 N–H and O–H groups in total. The van der Waals surface area contributed by atoms with Crippen molar-refractivity contribution in [3.63, 3.8) is 0 Å². The SMILES string of the molecule is N#Cc1ccccc1OC1CCNC1. The monoisotopic (exact) mass is 188 g/mol. The number of hydrogen-bond acceptors (Lipinski definition) is 3. The molecule has 0 amide bonds. The molecule has 1 fully saturated rings. The summed E-state index contributed by atoms with van der Waals surface area (Å²) < 4.78 is 5.71. The quantitative estimate of drug-likeness (QED) is 0.760. The molecular weight excluding hydrogens is 176 g/mol. The maximum Gasteiger partial charge on any atom is 0.137 e. The highest BCUT2D eigenvalue weighted by molar-refractivity contribution is 5.42. The Balaban J connectivity index is 2.11. The Kier molecular flexibility index (Phi) is 2.66. The fourth-order valence-electron chi connectivity index (χ4n) is 1.57. The van der Waals surface area contributed by atoms with E-state index in [0.717, 1.165) is 19.5 Å². The predicted octanol–water partition coefficient (Wildman–Crippen LogP) is 1.30. The van der Waals surface area contributed by atoms with Gasteiger partial charge in [0.05, 0.1) is 5.56 Å². The van der Waals surface area contributed by atoms with Crippen LogP contribution in [0.1, 0.15) is 12.0 Å². The van der Waals surface area contributed by atoms with E-state index in [1.165, 1.54) is 0 Å². The van der Waals surface area contributed by atoms with Crippen LogP contribution in [0.4, 0.5) is 0 Å². The van der Waals surface area contributed by atoms with Crippen molar-refractivity contribution in [1.82, 2.24) is 5.32 Å². The minimum atomic E-state index is 0.212. The van der Waals surface area contributed by atoms with Gasteiger partial charge in [0.25, 0.3) is 0 Å². The molecule has 72 valence electrons. The van der Waals surface area contributed by atoms with E-state index in [4.69, 9.17) is 10.00 Å². The molecule has 1 aromatic rings. The second kappa shape index (κ2) is 4.12. The predicted molar refractivity (Wildman–Crippen MR) is 53.1 cm³/mol. The normalized spacial score (nSPS) is 20.4. The summed E-state index contributed by atoms with van der Waals surface area (Å²) in [6.07, 6.45) is 1.23. The van der Waals surface area contributed by atoms with Crippen LogP contribution in [0.25, 0.3) is 0 Å². The molecule has 1 heterocycles. The molecule has 0 radical (unpaired) electrons. The highest BCUT2D eigenvalue weighted by Gasteiger charge is 2.16. The van der Waals surface area contributed by atoms with Crippen molar-refractivity contribution in [1.29, 1.82) is 5.26 Å². The zero-order valence-corrected chi connectivity index (χ0v) is 7.86. The summed E-state index contributed by atoms with van der Waals surface area (Å²) >= 11 is 0. The number of ether oxygens (including phenoxy) is 1. The number of rotatable bonds is 2. The van der Waals surface area contributed by atoms with Gasteiger partial charge in [-0.15, -0.1) is 0 Å². The second-order valence-corrected chi connectivity index (χ2v) is 3.34. The van der Waals surface area contributed by atoms with Crippen molar-refractivity contribution in [2.75, 3.05) is 13.1 Å². The van der Waals surface area contributed by atoms with Crippen LogP contribution in [0, 0.1) is 11.3 Å². The summed E-state index contributed by atoms with van der Waals surface area (Å²) in [5.74, 6) is 0.698. The van der Waals surface area contributed by atoms with E-state index in [2.05, 4.69) is 11.4 Å². The van der Waals surface area contributed by atoms with E-state index >= 15 is 0 Å². The first kappa shape index (κ1) is 9.04. The number of benzene rings is 1. The third-order valence-electron chi connectivity index (χ3n) is 2.32. The van der Waals surface area contributed by atoms with Gasteiger partial charge in [-0.1, -0.05) is 12.1 Å². The van der Waals surface area contributed by atoms with Gasteiger partial charge in [0.2, 0.25) is 0 Å². The summed E-state index contributed by atoms with van der Waals surface area (Å²) in [5.41, 5.74) is 0.611. The Morgan fingerprint density at radius 1 is 1.43 bits per heavy atom. The summed E-state index contributed by atoms with van der Waals surface area (Å²) in [7, 11) is 0. The van der Waals surface area contributed by atoms with Gasteiger partial charge in [-0.05, 0) is 25.1 Å². The number of nitriles is 1. The summed E-state index contributed by atoms with van der Waals surface area (Å²) in [6, 6.07) is 9.48. The highest BCUT2D eigenvalue weighted by Crippen LogP contribution is 2.19. The maximum atomic E-state index is 8.85. The number of hydrogen-bond donors (Lipinski definition) is 1. The lowest BCUT2D eigenvalue weighted by atomic mass is 10.2. The fourth-order valence-corrected chi connectivity index (χ4v) is 1.57. The van der Waals surface area contributed by atoms with Crippen molar-refractivity contribution >= 4 is 0 Å².